The Morgan fingerprint density at radius 1 is 1.11 bits per heavy atom. The number of amides is 1. The van der Waals surface area contributed by atoms with Gasteiger partial charge < -0.3 is 10.6 Å². The monoisotopic (exact) mass is 254 g/mol. The van der Waals surface area contributed by atoms with Gasteiger partial charge in [-0.05, 0) is 25.2 Å². The van der Waals surface area contributed by atoms with Crippen LogP contribution in [0.15, 0.2) is 0 Å². The second-order valence-corrected chi connectivity index (χ2v) is 5.93. The van der Waals surface area contributed by atoms with E-state index >= 15 is 0 Å². The summed E-state index contributed by atoms with van der Waals surface area (Å²) in [5.41, 5.74) is 0. The third-order valence-corrected chi connectivity index (χ3v) is 3.39. The Kier molecular flexibility index (Phi) is 8.06. The van der Waals surface area contributed by atoms with Gasteiger partial charge in [-0.2, -0.15) is 0 Å². The summed E-state index contributed by atoms with van der Waals surface area (Å²) in [6.07, 6.45) is 9.54. The molecule has 3 heteroatoms. The van der Waals surface area contributed by atoms with E-state index in [9.17, 15) is 4.79 Å². The van der Waals surface area contributed by atoms with E-state index in [-0.39, 0.29) is 5.91 Å². The number of carbonyl (C=O) groups excluding carboxylic acids is 1. The van der Waals surface area contributed by atoms with Crippen LogP contribution in [0.4, 0.5) is 0 Å². The lowest BCUT2D eigenvalue weighted by molar-refractivity contribution is -0.121. The van der Waals surface area contributed by atoms with Gasteiger partial charge in [-0.1, -0.05) is 39.5 Å². The van der Waals surface area contributed by atoms with Crippen LogP contribution >= 0.6 is 0 Å². The molecule has 106 valence electrons. The van der Waals surface area contributed by atoms with Crippen molar-refractivity contribution in [2.45, 2.75) is 71.3 Å². The summed E-state index contributed by atoms with van der Waals surface area (Å²) in [6.45, 7) is 6.24. The van der Waals surface area contributed by atoms with Crippen LogP contribution in [0.2, 0.25) is 0 Å². The Morgan fingerprint density at radius 2 is 1.83 bits per heavy atom. The number of carbonyl (C=O) groups is 1. The van der Waals surface area contributed by atoms with Gasteiger partial charge in [0.15, 0.2) is 0 Å². The molecule has 18 heavy (non-hydrogen) atoms. The Hall–Kier alpha value is -0.570. The molecule has 0 radical (unpaired) electrons. The molecule has 0 spiro atoms. The smallest absolute Gasteiger partial charge is 0.221 e. The van der Waals surface area contributed by atoms with E-state index in [1.807, 2.05) is 0 Å². The molecular weight excluding hydrogens is 224 g/mol. The largest absolute Gasteiger partial charge is 0.356 e. The molecule has 0 aromatic heterocycles. The molecule has 0 aromatic rings. The van der Waals surface area contributed by atoms with Crippen molar-refractivity contribution < 1.29 is 4.79 Å². The quantitative estimate of drug-likeness (QED) is 0.557. The SMILES string of the molecule is CC(C)CCCCCCNC(=O)CCNC1CC1. The van der Waals surface area contributed by atoms with Gasteiger partial charge in [-0.15, -0.1) is 0 Å². The van der Waals surface area contributed by atoms with Crippen LogP contribution in [-0.4, -0.2) is 25.0 Å². The van der Waals surface area contributed by atoms with Gasteiger partial charge in [0.2, 0.25) is 5.91 Å². The van der Waals surface area contributed by atoms with Gasteiger partial charge in [0.05, 0.1) is 0 Å². The first-order valence-corrected chi connectivity index (χ1v) is 7.68. The van der Waals surface area contributed by atoms with Crippen LogP contribution in [0.5, 0.6) is 0 Å². The topological polar surface area (TPSA) is 41.1 Å². The molecule has 0 unspecified atom stereocenters. The predicted octanol–water partition coefficient (Wildman–Crippen LogP) is 2.85. The van der Waals surface area contributed by atoms with E-state index in [0.717, 1.165) is 25.4 Å². The molecule has 1 amide bonds. The first-order valence-electron chi connectivity index (χ1n) is 7.68. The predicted molar refractivity (Wildman–Crippen MR) is 76.6 cm³/mol. The number of hydrogen-bond acceptors (Lipinski definition) is 2. The molecule has 2 N–H and O–H groups in total. The van der Waals surface area contributed by atoms with E-state index in [1.165, 1.54) is 38.5 Å². The highest BCUT2D eigenvalue weighted by molar-refractivity contribution is 5.75. The molecule has 0 bridgehead atoms. The molecule has 1 aliphatic carbocycles. The van der Waals surface area contributed by atoms with Crippen molar-refractivity contribution >= 4 is 5.91 Å². The normalized spacial score (nSPS) is 15.1. The number of hydrogen-bond donors (Lipinski definition) is 2. The zero-order chi connectivity index (χ0) is 13.2. The lowest BCUT2D eigenvalue weighted by atomic mass is 10.0. The van der Waals surface area contributed by atoms with Crippen molar-refractivity contribution in [2.24, 2.45) is 5.92 Å². The zero-order valence-corrected chi connectivity index (χ0v) is 12.1. The van der Waals surface area contributed by atoms with Gasteiger partial charge in [0, 0.05) is 25.6 Å². The highest BCUT2D eigenvalue weighted by atomic mass is 16.1. The highest BCUT2D eigenvalue weighted by Crippen LogP contribution is 2.18. The second-order valence-electron chi connectivity index (χ2n) is 5.93. The van der Waals surface area contributed by atoms with Crippen molar-refractivity contribution in [3.63, 3.8) is 0 Å². The minimum atomic E-state index is 0.199. The maximum absolute atomic E-state index is 11.5. The van der Waals surface area contributed by atoms with Gasteiger partial charge in [-0.25, -0.2) is 0 Å². The first-order chi connectivity index (χ1) is 8.68. The summed E-state index contributed by atoms with van der Waals surface area (Å²) in [4.78, 5) is 11.5. The first kappa shape index (κ1) is 15.5. The third-order valence-electron chi connectivity index (χ3n) is 3.39. The van der Waals surface area contributed by atoms with Crippen LogP contribution in [0, 0.1) is 5.92 Å². The Balaban J connectivity index is 1.77. The second kappa shape index (κ2) is 9.37. The van der Waals surface area contributed by atoms with Gasteiger partial charge in [0.25, 0.3) is 0 Å². The lowest BCUT2D eigenvalue weighted by Gasteiger charge is -2.06. The molecule has 0 aliphatic heterocycles. The van der Waals surface area contributed by atoms with E-state index in [0.29, 0.717) is 12.5 Å². The fourth-order valence-corrected chi connectivity index (χ4v) is 2.02. The van der Waals surface area contributed by atoms with Crippen molar-refractivity contribution in [3.8, 4) is 0 Å². The van der Waals surface area contributed by atoms with Gasteiger partial charge in [-0.3, -0.25) is 4.79 Å². The van der Waals surface area contributed by atoms with Crippen LogP contribution in [0.3, 0.4) is 0 Å². The van der Waals surface area contributed by atoms with E-state index < -0.39 is 0 Å². The average molecular weight is 254 g/mol. The summed E-state index contributed by atoms with van der Waals surface area (Å²) < 4.78 is 0. The minimum absolute atomic E-state index is 0.199. The minimum Gasteiger partial charge on any atom is -0.356 e. The average Bonchev–Trinajstić information content (AvgIpc) is 3.11. The van der Waals surface area contributed by atoms with Crippen molar-refractivity contribution in [1.29, 1.82) is 0 Å². The molecule has 0 saturated heterocycles. The number of rotatable bonds is 11. The van der Waals surface area contributed by atoms with Gasteiger partial charge in [0.1, 0.15) is 0 Å². The molecule has 1 saturated carbocycles. The Morgan fingerprint density at radius 3 is 2.50 bits per heavy atom. The fraction of sp³-hybridized carbons (Fsp3) is 0.933. The maximum Gasteiger partial charge on any atom is 0.221 e. The van der Waals surface area contributed by atoms with Gasteiger partial charge >= 0.3 is 0 Å². The lowest BCUT2D eigenvalue weighted by Crippen LogP contribution is -2.29. The van der Waals surface area contributed by atoms with E-state index in [2.05, 4.69) is 24.5 Å². The van der Waals surface area contributed by atoms with Crippen molar-refractivity contribution in [1.82, 2.24) is 10.6 Å². The van der Waals surface area contributed by atoms with E-state index in [4.69, 9.17) is 0 Å². The summed E-state index contributed by atoms with van der Waals surface area (Å²) in [7, 11) is 0. The fourth-order valence-electron chi connectivity index (χ4n) is 2.02. The third kappa shape index (κ3) is 9.46. The van der Waals surface area contributed by atoms with Crippen LogP contribution in [-0.2, 0) is 4.79 Å². The van der Waals surface area contributed by atoms with Crippen LogP contribution in [0.25, 0.3) is 0 Å². The maximum atomic E-state index is 11.5. The molecule has 3 nitrogen and oxygen atoms in total. The molecule has 1 aliphatic rings. The summed E-state index contributed by atoms with van der Waals surface area (Å²) in [5.74, 6) is 1.02. The summed E-state index contributed by atoms with van der Waals surface area (Å²) in [6, 6.07) is 0.707. The summed E-state index contributed by atoms with van der Waals surface area (Å²) in [5, 5.41) is 6.35. The summed E-state index contributed by atoms with van der Waals surface area (Å²) >= 11 is 0. The molecule has 1 fully saturated rings. The molecule has 0 aromatic carbocycles. The molecule has 1 rings (SSSR count). The van der Waals surface area contributed by atoms with Crippen LogP contribution in [0.1, 0.15) is 65.2 Å². The van der Waals surface area contributed by atoms with Crippen LogP contribution < -0.4 is 10.6 Å². The van der Waals surface area contributed by atoms with Crippen molar-refractivity contribution in [3.05, 3.63) is 0 Å². The molecule has 0 atom stereocenters. The Bertz CT molecular complexity index is 225. The molecule has 0 heterocycles. The highest BCUT2D eigenvalue weighted by Gasteiger charge is 2.19. The zero-order valence-electron chi connectivity index (χ0n) is 12.1. The molecular formula is C15H30N2O. The van der Waals surface area contributed by atoms with Crippen molar-refractivity contribution in [2.75, 3.05) is 13.1 Å². The number of unbranched alkanes of at least 4 members (excludes halogenated alkanes) is 3. The van der Waals surface area contributed by atoms with E-state index in [1.54, 1.807) is 0 Å². The number of nitrogens with one attached hydrogen (secondary N) is 2. The standard InChI is InChI=1S/C15H30N2O/c1-13(2)7-5-3-4-6-11-17-15(18)10-12-16-14-8-9-14/h13-14,16H,3-12H2,1-2H3,(H,17,18). The Labute approximate surface area is 112 Å².